The number of nitrogens with one attached hydrogen (secondary N) is 1. The van der Waals surface area contributed by atoms with Crippen molar-refractivity contribution in [1.82, 2.24) is 5.32 Å². The van der Waals surface area contributed by atoms with Gasteiger partial charge in [-0.3, -0.25) is 9.59 Å². The predicted octanol–water partition coefficient (Wildman–Crippen LogP) is 1.80. The summed E-state index contributed by atoms with van der Waals surface area (Å²) in [6.45, 7) is 1.77. The third kappa shape index (κ3) is 1.29. The van der Waals surface area contributed by atoms with E-state index in [0.717, 1.165) is 18.5 Å². The van der Waals surface area contributed by atoms with Crippen molar-refractivity contribution in [1.29, 1.82) is 0 Å². The van der Waals surface area contributed by atoms with Crippen molar-refractivity contribution in [3.05, 3.63) is 29.3 Å². The van der Waals surface area contributed by atoms with Gasteiger partial charge in [0.25, 0.3) is 5.91 Å². The zero-order chi connectivity index (χ0) is 13.1. The average molecular weight is 256 g/mol. The normalized spacial score (nSPS) is 31.8. The lowest BCUT2D eigenvalue weighted by Crippen LogP contribution is -2.46. The van der Waals surface area contributed by atoms with Crippen LogP contribution in [0.1, 0.15) is 48.0 Å². The van der Waals surface area contributed by atoms with Crippen LogP contribution in [0.15, 0.2) is 18.2 Å². The topological polar surface area (TPSA) is 49.4 Å². The van der Waals surface area contributed by atoms with Gasteiger partial charge >= 0.3 is 0 Å². The number of fused-ring (bicyclic) bond motifs is 3. The third-order valence-corrected chi connectivity index (χ3v) is 4.72. The maximum absolute atomic E-state index is 12.6. The summed E-state index contributed by atoms with van der Waals surface area (Å²) in [5, 5.41) is 2.79. The minimum atomic E-state index is -0.438. The Labute approximate surface area is 111 Å². The summed E-state index contributed by atoms with van der Waals surface area (Å²) in [6, 6.07) is 5.67. The van der Waals surface area contributed by atoms with E-state index in [9.17, 15) is 9.59 Å². The zero-order valence-corrected chi connectivity index (χ0v) is 10.8. The van der Waals surface area contributed by atoms with Crippen LogP contribution in [-0.2, 0) is 4.79 Å². The summed E-state index contributed by atoms with van der Waals surface area (Å²) in [4.78, 5) is 26.7. The lowest BCUT2D eigenvalue weighted by atomic mass is 9.96. The van der Waals surface area contributed by atoms with E-state index in [-0.39, 0.29) is 17.9 Å². The Morgan fingerprint density at radius 1 is 1.26 bits per heavy atom. The first-order chi connectivity index (χ1) is 9.18. The van der Waals surface area contributed by atoms with E-state index in [0.29, 0.717) is 11.5 Å². The highest BCUT2D eigenvalue weighted by Crippen LogP contribution is 2.51. The van der Waals surface area contributed by atoms with Crippen molar-refractivity contribution in [3.8, 4) is 0 Å². The third-order valence-electron chi connectivity index (χ3n) is 4.72. The van der Waals surface area contributed by atoms with E-state index >= 15 is 0 Å². The van der Waals surface area contributed by atoms with E-state index in [2.05, 4.69) is 11.4 Å². The molecule has 1 saturated carbocycles. The second kappa shape index (κ2) is 3.59. The fourth-order valence-electron chi connectivity index (χ4n) is 3.91. The molecule has 1 aliphatic carbocycles. The highest BCUT2D eigenvalue weighted by molar-refractivity contribution is 6.13. The standard InChI is InChI=1S/C15H16N2O2/c1-8-15(19)17-12-7-3-4-9(12)10-5-2-6-11(13(10)17)14(18)16-8/h2,5-6,8-9,12H,3-4,7H2,1H3,(H,16,18)/t8-,9-,12-/m1/s1. The second-order valence-corrected chi connectivity index (χ2v) is 5.75. The molecule has 1 N–H and O–H groups in total. The smallest absolute Gasteiger partial charge is 0.254 e. The van der Waals surface area contributed by atoms with Gasteiger partial charge in [0.2, 0.25) is 5.91 Å². The molecule has 4 heteroatoms. The van der Waals surface area contributed by atoms with E-state index in [1.165, 1.54) is 12.0 Å². The molecule has 0 saturated heterocycles. The van der Waals surface area contributed by atoms with Crippen molar-refractivity contribution >= 4 is 17.5 Å². The van der Waals surface area contributed by atoms with Crippen LogP contribution in [0.3, 0.4) is 0 Å². The molecule has 0 spiro atoms. The molecule has 3 atom stereocenters. The van der Waals surface area contributed by atoms with Crippen molar-refractivity contribution in [2.45, 2.75) is 44.2 Å². The van der Waals surface area contributed by atoms with Gasteiger partial charge in [-0.25, -0.2) is 0 Å². The van der Waals surface area contributed by atoms with Crippen LogP contribution in [-0.4, -0.2) is 23.9 Å². The van der Waals surface area contributed by atoms with Crippen molar-refractivity contribution in [3.63, 3.8) is 0 Å². The van der Waals surface area contributed by atoms with E-state index in [1.807, 2.05) is 17.0 Å². The summed E-state index contributed by atoms with van der Waals surface area (Å²) in [7, 11) is 0. The quantitative estimate of drug-likeness (QED) is 0.769. The van der Waals surface area contributed by atoms with Crippen LogP contribution in [0.25, 0.3) is 0 Å². The van der Waals surface area contributed by atoms with Crippen LogP contribution in [0.5, 0.6) is 0 Å². The van der Waals surface area contributed by atoms with Crippen molar-refractivity contribution in [2.24, 2.45) is 0 Å². The van der Waals surface area contributed by atoms with Gasteiger partial charge in [-0.15, -0.1) is 0 Å². The number of benzene rings is 1. The lowest BCUT2D eigenvalue weighted by molar-refractivity contribution is -0.120. The Morgan fingerprint density at radius 2 is 2.11 bits per heavy atom. The summed E-state index contributed by atoms with van der Waals surface area (Å²) in [5.74, 6) is 0.339. The second-order valence-electron chi connectivity index (χ2n) is 5.75. The molecule has 2 amide bonds. The maximum atomic E-state index is 12.6. The molecule has 2 aliphatic heterocycles. The van der Waals surface area contributed by atoms with Gasteiger partial charge in [0, 0.05) is 12.0 Å². The van der Waals surface area contributed by atoms with Crippen LogP contribution in [0.4, 0.5) is 5.69 Å². The van der Waals surface area contributed by atoms with Gasteiger partial charge in [0.1, 0.15) is 6.04 Å². The SMILES string of the molecule is C[C@H]1NC(=O)c2cccc3c2N(C1=O)[C@@H]1CCC[C@H]31. The molecule has 4 nitrogen and oxygen atoms in total. The first-order valence-corrected chi connectivity index (χ1v) is 6.95. The molecule has 1 fully saturated rings. The Morgan fingerprint density at radius 3 is 2.95 bits per heavy atom. The minimum absolute atomic E-state index is 0.0361. The number of hydrogen-bond acceptors (Lipinski definition) is 2. The molecule has 0 unspecified atom stereocenters. The lowest BCUT2D eigenvalue weighted by Gasteiger charge is -2.25. The van der Waals surface area contributed by atoms with Gasteiger partial charge in [-0.2, -0.15) is 0 Å². The molecule has 3 aliphatic rings. The first-order valence-electron chi connectivity index (χ1n) is 6.95. The van der Waals surface area contributed by atoms with Crippen molar-refractivity contribution < 1.29 is 9.59 Å². The van der Waals surface area contributed by atoms with Gasteiger partial charge < -0.3 is 10.2 Å². The van der Waals surface area contributed by atoms with Gasteiger partial charge in [-0.05, 0) is 31.4 Å². The zero-order valence-electron chi connectivity index (χ0n) is 10.8. The molecule has 2 heterocycles. The fourth-order valence-corrected chi connectivity index (χ4v) is 3.91. The Bertz CT molecular complexity index is 596. The molecule has 0 radical (unpaired) electrons. The highest BCUT2D eigenvalue weighted by atomic mass is 16.2. The minimum Gasteiger partial charge on any atom is -0.340 e. The molecule has 4 rings (SSSR count). The number of amides is 2. The molecular formula is C15H16N2O2. The summed E-state index contributed by atoms with van der Waals surface area (Å²) < 4.78 is 0. The predicted molar refractivity (Wildman–Crippen MR) is 71.2 cm³/mol. The molecular weight excluding hydrogens is 240 g/mol. The molecule has 19 heavy (non-hydrogen) atoms. The number of hydrogen-bond donors (Lipinski definition) is 1. The highest BCUT2D eigenvalue weighted by Gasteiger charge is 2.48. The van der Waals surface area contributed by atoms with Gasteiger partial charge in [0.05, 0.1) is 11.3 Å². The summed E-state index contributed by atoms with van der Waals surface area (Å²) >= 11 is 0. The van der Waals surface area contributed by atoms with E-state index in [1.54, 1.807) is 6.92 Å². The van der Waals surface area contributed by atoms with Crippen LogP contribution in [0, 0.1) is 0 Å². The van der Waals surface area contributed by atoms with Crippen molar-refractivity contribution in [2.75, 3.05) is 4.90 Å². The van der Waals surface area contributed by atoms with Gasteiger partial charge in [-0.1, -0.05) is 18.6 Å². The molecule has 0 aromatic heterocycles. The molecule has 1 aromatic carbocycles. The Hall–Kier alpha value is -1.84. The summed E-state index contributed by atoms with van der Waals surface area (Å²) in [5.41, 5.74) is 2.73. The number of para-hydroxylation sites is 1. The molecule has 98 valence electrons. The number of anilines is 1. The number of nitrogens with zero attached hydrogens (tertiary/aromatic N) is 1. The van der Waals surface area contributed by atoms with Crippen LogP contribution >= 0.6 is 0 Å². The average Bonchev–Trinajstić information content (AvgIpc) is 2.94. The number of carbonyl (C=O) groups excluding carboxylic acids is 2. The Kier molecular flexibility index (Phi) is 2.08. The number of carbonyl (C=O) groups is 2. The summed E-state index contributed by atoms with van der Waals surface area (Å²) in [6.07, 6.45) is 3.34. The van der Waals surface area contributed by atoms with E-state index in [4.69, 9.17) is 0 Å². The largest absolute Gasteiger partial charge is 0.340 e. The molecule has 1 aromatic rings. The Balaban J connectivity index is 1.99. The fraction of sp³-hybridized carbons (Fsp3) is 0.467. The first kappa shape index (κ1) is 11.0. The van der Waals surface area contributed by atoms with Gasteiger partial charge in [0.15, 0.2) is 0 Å². The molecule has 0 bridgehead atoms. The van der Waals surface area contributed by atoms with E-state index < -0.39 is 6.04 Å². The van der Waals surface area contributed by atoms with Crippen LogP contribution in [0.2, 0.25) is 0 Å². The maximum Gasteiger partial charge on any atom is 0.254 e. The number of rotatable bonds is 0. The monoisotopic (exact) mass is 256 g/mol. The van der Waals surface area contributed by atoms with Crippen LogP contribution < -0.4 is 10.2 Å².